The lowest BCUT2D eigenvalue weighted by molar-refractivity contribution is 0.0386. The second-order valence-corrected chi connectivity index (χ2v) is 5.79. The predicted octanol–water partition coefficient (Wildman–Crippen LogP) is 2.31. The molecule has 98 valence electrons. The van der Waals surface area contributed by atoms with Crippen molar-refractivity contribution in [1.29, 1.82) is 0 Å². The highest BCUT2D eigenvalue weighted by atomic mass is 16.5. The van der Waals surface area contributed by atoms with Crippen molar-refractivity contribution in [2.24, 2.45) is 11.3 Å². The van der Waals surface area contributed by atoms with E-state index in [0.29, 0.717) is 25.2 Å². The molecular formula is C13H29NO2. The molecule has 0 heterocycles. The van der Waals surface area contributed by atoms with Crippen LogP contribution in [0, 0.1) is 11.3 Å². The van der Waals surface area contributed by atoms with Crippen molar-refractivity contribution in [2.45, 2.75) is 40.7 Å². The SMILES string of the molecule is COCCOC[C@H](NCC(C)C)C(C)(C)C. The molecule has 16 heavy (non-hydrogen) atoms. The fourth-order valence-corrected chi connectivity index (χ4v) is 1.34. The van der Waals surface area contributed by atoms with E-state index in [9.17, 15) is 0 Å². The number of ether oxygens (including phenoxy) is 2. The standard InChI is InChI=1S/C13H29NO2/c1-11(2)9-14-12(13(3,4)5)10-16-8-7-15-6/h11-12,14H,7-10H2,1-6H3/t12-/m0/s1. The Kier molecular flexibility index (Phi) is 7.98. The van der Waals surface area contributed by atoms with Crippen LogP contribution in [0.25, 0.3) is 0 Å². The molecule has 0 aliphatic rings. The molecular weight excluding hydrogens is 202 g/mol. The quantitative estimate of drug-likeness (QED) is 0.650. The van der Waals surface area contributed by atoms with Gasteiger partial charge in [-0.3, -0.25) is 0 Å². The highest BCUT2D eigenvalue weighted by Crippen LogP contribution is 2.19. The van der Waals surface area contributed by atoms with Crippen LogP contribution in [0.2, 0.25) is 0 Å². The number of rotatable bonds is 8. The number of methoxy groups -OCH3 is 1. The van der Waals surface area contributed by atoms with Gasteiger partial charge in [-0.1, -0.05) is 34.6 Å². The molecule has 0 spiro atoms. The number of hydrogen-bond donors (Lipinski definition) is 1. The minimum atomic E-state index is 0.224. The zero-order valence-corrected chi connectivity index (χ0v) is 11.8. The van der Waals surface area contributed by atoms with Gasteiger partial charge in [0.2, 0.25) is 0 Å². The molecule has 0 aromatic heterocycles. The summed E-state index contributed by atoms with van der Waals surface area (Å²) in [6.07, 6.45) is 0. The van der Waals surface area contributed by atoms with Crippen LogP contribution in [0.4, 0.5) is 0 Å². The highest BCUT2D eigenvalue weighted by Gasteiger charge is 2.24. The Hall–Kier alpha value is -0.120. The van der Waals surface area contributed by atoms with Crippen LogP contribution in [0.5, 0.6) is 0 Å². The summed E-state index contributed by atoms with van der Waals surface area (Å²) in [7, 11) is 1.70. The first-order valence-corrected chi connectivity index (χ1v) is 6.18. The molecule has 3 heteroatoms. The van der Waals surface area contributed by atoms with Crippen molar-refractivity contribution in [1.82, 2.24) is 5.32 Å². The topological polar surface area (TPSA) is 30.5 Å². The van der Waals surface area contributed by atoms with E-state index in [0.717, 1.165) is 13.2 Å². The summed E-state index contributed by atoms with van der Waals surface area (Å²) in [6, 6.07) is 0.395. The molecule has 0 aromatic rings. The van der Waals surface area contributed by atoms with Crippen LogP contribution in [-0.4, -0.2) is 39.5 Å². The van der Waals surface area contributed by atoms with Gasteiger partial charge in [0, 0.05) is 13.2 Å². The summed E-state index contributed by atoms with van der Waals surface area (Å²) in [5.41, 5.74) is 0.224. The minimum Gasteiger partial charge on any atom is -0.382 e. The Balaban J connectivity index is 3.92. The third-order valence-electron chi connectivity index (χ3n) is 2.53. The van der Waals surface area contributed by atoms with E-state index in [1.54, 1.807) is 7.11 Å². The lowest BCUT2D eigenvalue weighted by Crippen LogP contribution is -2.45. The Morgan fingerprint density at radius 1 is 1.12 bits per heavy atom. The summed E-state index contributed by atoms with van der Waals surface area (Å²) >= 11 is 0. The van der Waals surface area contributed by atoms with E-state index >= 15 is 0 Å². The number of nitrogens with one attached hydrogen (secondary N) is 1. The summed E-state index contributed by atoms with van der Waals surface area (Å²) in [5.74, 6) is 0.670. The molecule has 0 saturated heterocycles. The lowest BCUT2D eigenvalue weighted by atomic mass is 9.87. The average Bonchev–Trinajstić information content (AvgIpc) is 2.14. The third kappa shape index (κ3) is 8.08. The molecule has 0 aromatic carbocycles. The molecule has 0 fully saturated rings. The second kappa shape index (κ2) is 8.04. The molecule has 0 aliphatic heterocycles. The maximum absolute atomic E-state index is 5.61. The summed E-state index contributed by atoms with van der Waals surface area (Å²) in [4.78, 5) is 0. The second-order valence-electron chi connectivity index (χ2n) is 5.79. The van der Waals surface area contributed by atoms with E-state index < -0.39 is 0 Å². The Morgan fingerprint density at radius 3 is 2.19 bits per heavy atom. The third-order valence-corrected chi connectivity index (χ3v) is 2.53. The first kappa shape index (κ1) is 15.9. The van der Waals surface area contributed by atoms with Gasteiger partial charge in [-0.2, -0.15) is 0 Å². The molecule has 0 rings (SSSR count). The van der Waals surface area contributed by atoms with Crippen LogP contribution in [0.3, 0.4) is 0 Å². The first-order valence-electron chi connectivity index (χ1n) is 6.18. The van der Waals surface area contributed by atoms with Gasteiger partial charge in [-0.05, 0) is 17.9 Å². The van der Waals surface area contributed by atoms with Crippen molar-refractivity contribution in [3.05, 3.63) is 0 Å². The molecule has 1 N–H and O–H groups in total. The van der Waals surface area contributed by atoms with Gasteiger partial charge in [0.05, 0.1) is 19.8 Å². The van der Waals surface area contributed by atoms with E-state index in [1.807, 2.05) is 0 Å². The zero-order chi connectivity index (χ0) is 12.6. The average molecular weight is 231 g/mol. The molecule has 0 saturated carbocycles. The lowest BCUT2D eigenvalue weighted by Gasteiger charge is -2.32. The summed E-state index contributed by atoms with van der Waals surface area (Å²) in [6.45, 7) is 14.3. The van der Waals surface area contributed by atoms with Crippen molar-refractivity contribution in [2.75, 3.05) is 33.5 Å². The molecule has 0 unspecified atom stereocenters. The van der Waals surface area contributed by atoms with Crippen molar-refractivity contribution < 1.29 is 9.47 Å². The molecule has 3 nitrogen and oxygen atoms in total. The molecule has 0 amide bonds. The van der Waals surface area contributed by atoms with Crippen molar-refractivity contribution >= 4 is 0 Å². The fourth-order valence-electron chi connectivity index (χ4n) is 1.34. The van der Waals surface area contributed by atoms with Crippen LogP contribution in [0.1, 0.15) is 34.6 Å². The number of hydrogen-bond acceptors (Lipinski definition) is 3. The molecule has 0 aliphatic carbocycles. The van der Waals surface area contributed by atoms with E-state index in [1.165, 1.54) is 0 Å². The monoisotopic (exact) mass is 231 g/mol. The summed E-state index contributed by atoms with van der Waals surface area (Å²) < 4.78 is 10.6. The predicted molar refractivity (Wildman–Crippen MR) is 68.8 cm³/mol. The Morgan fingerprint density at radius 2 is 1.75 bits per heavy atom. The molecule has 1 atom stereocenters. The fraction of sp³-hybridized carbons (Fsp3) is 1.00. The van der Waals surface area contributed by atoms with Crippen molar-refractivity contribution in [3.8, 4) is 0 Å². The molecule has 0 radical (unpaired) electrons. The van der Waals surface area contributed by atoms with Gasteiger partial charge in [-0.15, -0.1) is 0 Å². The first-order chi connectivity index (χ1) is 7.38. The van der Waals surface area contributed by atoms with E-state index in [4.69, 9.17) is 9.47 Å². The normalized spacial score (nSPS) is 14.4. The molecule has 0 bridgehead atoms. The van der Waals surface area contributed by atoms with E-state index in [-0.39, 0.29) is 5.41 Å². The maximum Gasteiger partial charge on any atom is 0.0701 e. The van der Waals surface area contributed by atoms with Gasteiger partial charge in [0.1, 0.15) is 0 Å². The Bertz CT molecular complexity index is 164. The highest BCUT2D eigenvalue weighted by molar-refractivity contribution is 4.80. The van der Waals surface area contributed by atoms with Crippen LogP contribution < -0.4 is 5.32 Å². The smallest absolute Gasteiger partial charge is 0.0701 e. The maximum atomic E-state index is 5.61. The van der Waals surface area contributed by atoms with Crippen LogP contribution in [0.15, 0.2) is 0 Å². The zero-order valence-electron chi connectivity index (χ0n) is 11.8. The van der Waals surface area contributed by atoms with Crippen LogP contribution in [-0.2, 0) is 9.47 Å². The largest absolute Gasteiger partial charge is 0.382 e. The van der Waals surface area contributed by atoms with Crippen molar-refractivity contribution in [3.63, 3.8) is 0 Å². The minimum absolute atomic E-state index is 0.224. The Labute approximate surface area is 101 Å². The van der Waals surface area contributed by atoms with Gasteiger partial charge < -0.3 is 14.8 Å². The van der Waals surface area contributed by atoms with E-state index in [2.05, 4.69) is 39.9 Å². The van der Waals surface area contributed by atoms with Crippen LogP contribution >= 0.6 is 0 Å². The van der Waals surface area contributed by atoms with Gasteiger partial charge in [-0.25, -0.2) is 0 Å². The van der Waals surface area contributed by atoms with Gasteiger partial charge >= 0.3 is 0 Å². The van der Waals surface area contributed by atoms with Gasteiger partial charge in [0.15, 0.2) is 0 Å². The van der Waals surface area contributed by atoms with Gasteiger partial charge in [0.25, 0.3) is 0 Å². The summed E-state index contributed by atoms with van der Waals surface area (Å²) in [5, 5.41) is 3.57.